The smallest absolute Gasteiger partial charge is 0.355 e. The summed E-state index contributed by atoms with van der Waals surface area (Å²) in [5.41, 5.74) is 3.91. The Morgan fingerprint density at radius 3 is 2.69 bits per heavy atom. The van der Waals surface area contributed by atoms with Gasteiger partial charge in [0.1, 0.15) is 23.3 Å². The molecule has 6 nitrogen and oxygen atoms in total. The first kappa shape index (κ1) is 20.7. The Morgan fingerprint density at radius 1 is 1.24 bits per heavy atom. The van der Waals surface area contributed by atoms with Gasteiger partial charge < -0.3 is 19.2 Å². The first-order chi connectivity index (χ1) is 13.8. The SMILES string of the molecule is CCOC(=O)c1[nH]c(C)c(C(=O)/C=C/c2cc3c(cc2OCC)CC(C)O3)c1C. The maximum absolute atomic E-state index is 12.9. The summed E-state index contributed by atoms with van der Waals surface area (Å²) < 4.78 is 16.6. The van der Waals surface area contributed by atoms with E-state index >= 15 is 0 Å². The first-order valence-corrected chi connectivity index (χ1v) is 9.90. The van der Waals surface area contributed by atoms with Crippen LogP contribution in [0.2, 0.25) is 0 Å². The average molecular weight is 397 g/mol. The molecule has 1 unspecified atom stereocenters. The fourth-order valence-corrected chi connectivity index (χ4v) is 3.64. The normalized spacial score (nSPS) is 15.3. The quantitative estimate of drug-likeness (QED) is 0.425. The Morgan fingerprint density at radius 2 is 2.00 bits per heavy atom. The monoisotopic (exact) mass is 397 g/mol. The number of hydrogen-bond donors (Lipinski definition) is 1. The highest BCUT2D eigenvalue weighted by Crippen LogP contribution is 2.36. The molecule has 0 radical (unpaired) electrons. The van der Waals surface area contributed by atoms with E-state index in [0.717, 1.165) is 29.0 Å². The molecule has 2 heterocycles. The minimum atomic E-state index is -0.459. The van der Waals surface area contributed by atoms with Gasteiger partial charge in [-0.2, -0.15) is 0 Å². The summed E-state index contributed by atoms with van der Waals surface area (Å²) in [7, 11) is 0. The number of ether oxygens (including phenoxy) is 3. The zero-order valence-corrected chi connectivity index (χ0v) is 17.5. The summed E-state index contributed by atoms with van der Waals surface area (Å²) in [6.07, 6.45) is 4.21. The molecular weight excluding hydrogens is 370 g/mol. The van der Waals surface area contributed by atoms with E-state index in [1.54, 1.807) is 26.8 Å². The van der Waals surface area contributed by atoms with Crippen LogP contribution in [0.25, 0.3) is 6.08 Å². The van der Waals surface area contributed by atoms with Gasteiger partial charge in [-0.3, -0.25) is 4.79 Å². The van der Waals surface area contributed by atoms with Gasteiger partial charge >= 0.3 is 5.97 Å². The highest BCUT2D eigenvalue weighted by Gasteiger charge is 2.23. The Labute approximate surface area is 170 Å². The summed E-state index contributed by atoms with van der Waals surface area (Å²) in [5, 5.41) is 0. The van der Waals surface area contributed by atoms with Gasteiger partial charge in [-0.15, -0.1) is 0 Å². The van der Waals surface area contributed by atoms with E-state index in [4.69, 9.17) is 14.2 Å². The predicted molar refractivity (Wildman–Crippen MR) is 111 cm³/mol. The molecule has 2 aromatic rings. The Kier molecular flexibility index (Phi) is 6.11. The zero-order chi connectivity index (χ0) is 21.1. The molecule has 3 rings (SSSR count). The second-order valence-corrected chi connectivity index (χ2v) is 7.11. The number of allylic oxidation sites excluding steroid dienone is 1. The van der Waals surface area contributed by atoms with Crippen molar-refractivity contribution < 1.29 is 23.8 Å². The summed E-state index contributed by atoms with van der Waals surface area (Å²) in [6.45, 7) is 10.0. The van der Waals surface area contributed by atoms with Crippen LogP contribution in [0.15, 0.2) is 18.2 Å². The Balaban J connectivity index is 1.90. The van der Waals surface area contributed by atoms with Crippen molar-refractivity contribution in [3.63, 3.8) is 0 Å². The second-order valence-electron chi connectivity index (χ2n) is 7.11. The van der Waals surface area contributed by atoms with Crippen LogP contribution in [0.3, 0.4) is 0 Å². The molecule has 0 bridgehead atoms. The Hall–Kier alpha value is -3.02. The molecular formula is C23H27NO5. The average Bonchev–Trinajstić information content (AvgIpc) is 3.17. The van der Waals surface area contributed by atoms with Crippen molar-refractivity contribution in [2.45, 2.75) is 47.1 Å². The third-order valence-electron chi connectivity index (χ3n) is 4.91. The molecule has 29 heavy (non-hydrogen) atoms. The molecule has 1 N–H and O–H groups in total. The van der Waals surface area contributed by atoms with Gasteiger partial charge in [-0.05, 0) is 64.5 Å². The number of esters is 1. The number of aromatic nitrogens is 1. The van der Waals surface area contributed by atoms with Gasteiger partial charge in [-0.1, -0.05) is 0 Å². The van der Waals surface area contributed by atoms with Gasteiger partial charge in [-0.25, -0.2) is 4.79 Å². The molecule has 1 aliphatic rings. The highest BCUT2D eigenvalue weighted by atomic mass is 16.5. The molecule has 1 aromatic heterocycles. The van der Waals surface area contributed by atoms with E-state index in [9.17, 15) is 9.59 Å². The van der Waals surface area contributed by atoms with Crippen LogP contribution in [0, 0.1) is 13.8 Å². The van der Waals surface area contributed by atoms with E-state index in [1.165, 1.54) is 6.08 Å². The molecule has 0 amide bonds. The number of hydrogen-bond acceptors (Lipinski definition) is 5. The molecule has 0 aliphatic carbocycles. The zero-order valence-electron chi connectivity index (χ0n) is 17.5. The largest absolute Gasteiger partial charge is 0.493 e. The van der Waals surface area contributed by atoms with Crippen molar-refractivity contribution in [1.29, 1.82) is 0 Å². The highest BCUT2D eigenvalue weighted by molar-refractivity contribution is 6.10. The van der Waals surface area contributed by atoms with E-state index < -0.39 is 5.97 Å². The minimum absolute atomic E-state index is 0.131. The number of aromatic amines is 1. The van der Waals surface area contributed by atoms with E-state index in [2.05, 4.69) is 4.98 Å². The standard InChI is InChI=1S/C23H27NO5/c1-6-27-19-12-17-10-13(3)29-20(17)11-16(19)8-9-18(25)21-14(4)22(24-15(21)5)23(26)28-7-2/h8-9,11-13,24H,6-7,10H2,1-5H3/b9-8+. The molecule has 1 aromatic carbocycles. The van der Waals surface area contributed by atoms with Crippen LogP contribution in [0.1, 0.15) is 64.0 Å². The number of ketones is 1. The summed E-state index contributed by atoms with van der Waals surface area (Å²) in [5.74, 6) is 0.901. The fraction of sp³-hybridized carbons (Fsp3) is 0.391. The van der Waals surface area contributed by atoms with Crippen LogP contribution < -0.4 is 9.47 Å². The van der Waals surface area contributed by atoms with Crippen LogP contribution in [0.5, 0.6) is 11.5 Å². The third-order valence-corrected chi connectivity index (χ3v) is 4.91. The van der Waals surface area contributed by atoms with Crippen molar-refractivity contribution >= 4 is 17.8 Å². The fourth-order valence-electron chi connectivity index (χ4n) is 3.64. The number of nitrogens with one attached hydrogen (secondary N) is 1. The number of carbonyl (C=O) groups is 2. The number of benzene rings is 1. The summed E-state index contributed by atoms with van der Waals surface area (Å²) >= 11 is 0. The molecule has 0 saturated carbocycles. The van der Waals surface area contributed by atoms with Gasteiger partial charge in [0.15, 0.2) is 5.78 Å². The first-order valence-electron chi connectivity index (χ1n) is 9.90. The van der Waals surface area contributed by atoms with Gasteiger partial charge in [0.25, 0.3) is 0 Å². The maximum Gasteiger partial charge on any atom is 0.355 e. The van der Waals surface area contributed by atoms with Gasteiger partial charge in [0, 0.05) is 28.8 Å². The molecule has 0 spiro atoms. The van der Waals surface area contributed by atoms with Crippen molar-refractivity contribution in [3.8, 4) is 11.5 Å². The number of aryl methyl sites for hydroxylation is 1. The molecule has 1 aliphatic heterocycles. The lowest BCUT2D eigenvalue weighted by molar-refractivity contribution is 0.0519. The van der Waals surface area contributed by atoms with E-state index in [-0.39, 0.29) is 18.5 Å². The van der Waals surface area contributed by atoms with Crippen molar-refractivity contribution in [1.82, 2.24) is 4.98 Å². The van der Waals surface area contributed by atoms with Gasteiger partial charge in [0.2, 0.25) is 0 Å². The number of H-pyrrole nitrogens is 1. The molecule has 6 heteroatoms. The van der Waals surface area contributed by atoms with Crippen molar-refractivity contribution in [3.05, 3.63) is 51.9 Å². The van der Waals surface area contributed by atoms with E-state index in [1.807, 2.05) is 26.0 Å². The topological polar surface area (TPSA) is 77.6 Å². The Bertz CT molecular complexity index is 970. The molecule has 0 saturated heterocycles. The summed E-state index contributed by atoms with van der Waals surface area (Å²) in [6, 6.07) is 3.90. The summed E-state index contributed by atoms with van der Waals surface area (Å²) in [4.78, 5) is 27.9. The minimum Gasteiger partial charge on any atom is -0.493 e. The van der Waals surface area contributed by atoms with Crippen LogP contribution in [0.4, 0.5) is 0 Å². The lowest BCUT2D eigenvalue weighted by Gasteiger charge is -2.10. The second kappa shape index (κ2) is 8.55. The molecule has 154 valence electrons. The lowest BCUT2D eigenvalue weighted by atomic mass is 10.0. The van der Waals surface area contributed by atoms with E-state index in [0.29, 0.717) is 29.1 Å². The number of rotatable bonds is 7. The van der Waals surface area contributed by atoms with Crippen molar-refractivity contribution in [2.75, 3.05) is 13.2 Å². The number of fused-ring (bicyclic) bond motifs is 1. The molecule has 0 fully saturated rings. The third kappa shape index (κ3) is 4.21. The molecule has 1 atom stereocenters. The maximum atomic E-state index is 12.9. The van der Waals surface area contributed by atoms with Crippen LogP contribution in [-0.4, -0.2) is 36.1 Å². The number of carbonyl (C=O) groups excluding carboxylic acids is 2. The van der Waals surface area contributed by atoms with Gasteiger partial charge in [0.05, 0.1) is 13.2 Å². The predicted octanol–water partition coefficient (Wildman–Crippen LogP) is 4.43. The lowest BCUT2D eigenvalue weighted by Crippen LogP contribution is -2.07. The van der Waals surface area contributed by atoms with Crippen LogP contribution in [-0.2, 0) is 11.2 Å². The van der Waals surface area contributed by atoms with Crippen LogP contribution >= 0.6 is 0 Å². The van der Waals surface area contributed by atoms with Crippen molar-refractivity contribution in [2.24, 2.45) is 0 Å².